The maximum Gasteiger partial charge on any atom is 0.255 e. The van der Waals surface area contributed by atoms with Crippen molar-refractivity contribution in [1.82, 2.24) is 4.98 Å². The molecule has 0 aliphatic heterocycles. The number of aliphatic hydroxyl groups excluding tert-OH is 1. The molecular formula is C27H25ClF2N2O5S. The van der Waals surface area contributed by atoms with Crippen molar-refractivity contribution in [2.75, 3.05) is 5.32 Å². The van der Waals surface area contributed by atoms with Gasteiger partial charge >= 0.3 is 0 Å². The zero-order chi connectivity index (χ0) is 27.2. The van der Waals surface area contributed by atoms with Crippen molar-refractivity contribution in [3.63, 3.8) is 0 Å². The molecule has 5 atom stereocenters. The maximum absolute atomic E-state index is 13.7. The molecule has 2 aliphatic carbocycles. The summed E-state index contributed by atoms with van der Waals surface area (Å²) in [5.74, 6) is -3.87. The predicted octanol–water partition coefficient (Wildman–Crippen LogP) is 4.69. The summed E-state index contributed by atoms with van der Waals surface area (Å²) >= 11 is 6.28. The lowest BCUT2D eigenvalue weighted by Crippen LogP contribution is -2.52. The van der Waals surface area contributed by atoms with Crippen LogP contribution in [0.2, 0.25) is 5.02 Å². The molecule has 1 amide bonds. The van der Waals surface area contributed by atoms with Gasteiger partial charge in [0.15, 0.2) is 21.5 Å². The number of hydrogen-bond donors (Lipinski definition) is 3. The number of nitrogens with zero attached hydrogens (tertiary/aromatic N) is 1. The number of carbonyl (C=O) groups excluding carboxylic acids is 1. The summed E-state index contributed by atoms with van der Waals surface area (Å²) in [6, 6.07) is 11.7. The highest BCUT2D eigenvalue weighted by atomic mass is 35.5. The predicted molar refractivity (Wildman–Crippen MR) is 136 cm³/mol. The number of aliphatic hydroxyl groups is 2. The van der Waals surface area contributed by atoms with Crippen molar-refractivity contribution in [1.29, 1.82) is 0 Å². The number of nitrogens with one attached hydrogen (secondary N) is 1. The zero-order valence-electron chi connectivity index (χ0n) is 20.0. The van der Waals surface area contributed by atoms with Gasteiger partial charge in [-0.15, -0.1) is 0 Å². The van der Waals surface area contributed by atoms with Crippen LogP contribution in [0.4, 0.5) is 14.5 Å². The van der Waals surface area contributed by atoms with Gasteiger partial charge in [0.1, 0.15) is 11.7 Å². The number of sulfone groups is 1. The Morgan fingerprint density at radius 3 is 2.39 bits per heavy atom. The number of carbonyl (C=O) groups is 1. The second-order valence-corrected chi connectivity index (χ2v) is 12.5. The molecule has 3 unspecified atom stereocenters. The Bertz CT molecular complexity index is 1470. The number of amides is 1. The highest BCUT2D eigenvalue weighted by Gasteiger charge is 2.59. The smallest absolute Gasteiger partial charge is 0.255 e. The van der Waals surface area contributed by atoms with Crippen LogP contribution in [-0.4, -0.2) is 40.4 Å². The number of pyridine rings is 1. The molecule has 0 saturated heterocycles. The van der Waals surface area contributed by atoms with Gasteiger partial charge in [0.05, 0.1) is 20.9 Å². The number of fused-ring (bicyclic) bond motifs is 2. The third-order valence-corrected chi connectivity index (χ3v) is 10.4. The molecule has 2 saturated carbocycles. The van der Waals surface area contributed by atoms with Gasteiger partial charge in [-0.1, -0.05) is 17.7 Å². The van der Waals surface area contributed by atoms with Crippen LogP contribution < -0.4 is 5.32 Å². The molecule has 1 aromatic heterocycles. The topological polar surface area (TPSA) is 117 Å². The fourth-order valence-corrected chi connectivity index (χ4v) is 8.24. The standard InChI is InChI=1S/C27H25ClF2N2O5S/c28-20-8-4-15(26(34)32-18-7-9-21(29)22(30)14-18)11-24(20)38(36,37)19-12-16-5-6-17(13-19)27(16,35)25(33)23-3-1-2-10-31-23/h1-4,7-11,14,16-17,19,25,33,35H,5-6,12-13H2,(H,32,34)/t16-,17?,19?,25-,27?/m0/s1. The normalized spacial score (nSPS) is 25.7. The average Bonchev–Trinajstić information content (AvgIpc) is 3.06. The maximum atomic E-state index is 13.7. The first-order chi connectivity index (χ1) is 18.0. The summed E-state index contributed by atoms with van der Waals surface area (Å²) in [4.78, 5) is 16.7. The molecule has 7 nitrogen and oxygen atoms in total. The van der Waals surface area contributed by atoms with E-state index in [0.717, 1.165) is 12.1 Å². The van der Waals surface area contributed by atoms with Crippen LogP contribution in [0.1, 0.15) is 47.8 Å². The molecule has 3 aromatic rings. The van der Waals surface area contributed by atoms with E-state index >= 15 is 0 Å². The number of aromatic nitrogens is 1. The second-order valence-electron chi connectivity index (χ2n) is 9.88. The van der Waals surface area contributed by atoms with E-state index in [1.807, 2.05) is 0 Å². The van der Waals surface area contributed by atoms with Gasteiger partial charge < -0.3 is 15.5 Å². The molecule has 2 aromatic carbocycles. The molecule has 0 spiro atoms. The summed E-state index contributed by atoms with van der Waals surface area (Å²) < 4.78 is 54.2. The molecule has 200 valence electrons. The van der Waals surface area contributed by atoms with Gasteiger partial charge in [0.25, 0.3) is 5.91 Å². The molecule has 2 aliphatic rings. The summed E-state index contributed by atoms with van der Waals surface area (Å²) in [6.07, 6.45) is 1.61. The van der Waals surface area contributed by atoms with E-state index in [1.165, 1.54) is 30.5 Å². The Morgan fingerprint density at radius 1 is 1.05 bits per heavy atom. The van der Waals surface area contributed by atoms with Crippen LogP contribution in [-0.2, 0) is 9.84 Å². The molecule has 5 rings (SSSR count). The highest BCUT2D eigenvalue weighted by molar-refractivity contribution is 7.92. The van der Waals surface area contributed by atoms with Crippen molar-refractivity contribution >= 4 is 33.0 Å². The first-order valence-corrected chi connectivity index (χ1v) is 14.1. The van der Waals surface area contributed by atoms with Crippen molar-refractivity contribution in [3.8, 4) is 0 Å². The Labute approximate surface area is 223 Å². The van der Waals surface area contributed by atoms with Gasteiger partial charge in [0.2, 0.25) is 0 Å². The fraction of sp³-hybridized carbons (Fsp3) is 0.333. The number of hydrogen-bond acceptors (Lipinski definition) is 6. The largest absolute Gasteiger partial charge is 0.386 e. The first kappa shape index (κ1) is 26.7. The van der Waals surface area contributed by atoms with E-state index in [0.29, 0.717) is 18.5 Å². The van der Waals surface area contributed by atoms with Crippen LogP contribution in [0, 0.1) is 23.5 Å². The first-order valence-electron chi connectivity index (χ1n) is 12.1. The summed E-state index contributed by atoms with van der Waals surface area (Å²) in [6.45, 7) is 0. The SMILES string of the molecule is O=C(Nc1ccc(F)c(F)c1)c1ccc(Cl)c(S(=O)(=O)C2CC3CC[C@@H](C2)C3(O)[C@@H](O)c2ccccn2)c1. The van der Waals surface area contributed by atoms with E-state index in [-0.39, 0.29) is 34.0 Å². The highest BCUT2D eigenvalue weighted by Crippen LogP contribution is 2.56. The van der Waals surface area contributed by atoms with E-state index in [2.05, 4.69) is 10.3 Å². The van der Waals surface area contributed by atoms with Gasteiger partial charge in [0, 0.05) is 23.5 Å². The quantitative estimate of drug-likeness (QED) is 0.401. The fourth-order valence-electron chi connectivity index (χ4n) is 5.84. The third kappa shape index (κ3) is 4.59. The lowest BCUT2D eigenvalue weighted by atomic mass is 9.70. The molecule has 1 heterocycles. The van der Waals surface area contributed by atoms with Crippen LogP contribution in [0.5, 0.6) is 0 Å². The van der Waals surface area contributed by atoms with Gasteiger partial charge in [-0.05, 0) is 80.0 Å². The lowest BCUT2D eigenvalue weighted by molar-refractivity contribution is -0.145. The molecule has 0 radical (unpaired) electrons. The Kier molecular flexibility index (Phi) is 7.02. The van der Waals surface area contributed by atoms with E-state index < -0.39 is 56.2 Å². The van der Waals surface area contributed by atoms with E-state index in [1.54, 1.807) is 18.2 Å². The van der Waals surface area contributed by atoms with Crippen molar-refractivity contribution in [2.45, 2.75) is 47.5 Å². The van der Waals surface area contributed by atoms with Crippen LogP contribution in [0.3, 0.4) is 0 Å². The minimum absolute atomic E-state index is 0.00265. The van der Waals surface area contributed by atoms with E-state index in [4.69, 9.17) is 11.6 Å². The Hall–Kier alpha value is -2.92. The van der Waals surface area contributed by atoms with Gasteiger partial charge in [-0.3, -0.25) is 9.78 Å². The summed E-state index contributed by atoms with van der Waals surface area (Å²) in [5, 5.41) is 24.1. The number of anilines is 1. The number of halogens is 3. The van der Waals surface area contributed by atoms with Crippen molar-refractivity contribution in [3.05, 3.63) is 88.7 Å². The molecule has 2 fully saturated rings. The van der Waals surface area contributed by atoms with Crippen molar-refractivity contribution < 1.29 is 32.2 Å². The minimum Gasteiger partial charge on any atom is -0.386 e. The Morgan fingerprint density at radius 2 is 1.76 bits per heavy atom. The van der Waals surface area contributed by atoms with Gasteiger partial charge in [-0.25, -0.2) is 17.2 Å². The molecule has 3 N–H and O–H groups in total. The summed E-state index contributed by atoms with van der Waals surface area (Å²) in [5.41, 5.74) is -1.20. The molecule has 38 heavy (non-hydrogen) atoms. The molecule has 2 bridgehead atoms. The van der Waals surface area contributed by atoms with E-state index in [9.17, 15) is 32.2 Å². The van der Waals surface area contributed by atoms with Crippen molar-refractivity contribution in [2.24, 2.45) is 11.8 Å². The van der Waals surface area contributed by atoms with Crippen LogP contribution in [0.25, 0.3) is 0 Å². The third-order valence-electron chi connectivity index (χ3n) is 7.79. The average molecular weight is 563 g/mol. The zero-order valence-corrected chi connectivity index (χ0v) is 21.6. The van der Waals surface area contributed by atoms with Gasteiger partial charge in [-0.2, -0.15) is 0 Å². The molecule has 11 heteroatoms. The summed E-state index contributed by atoms with van der Waals surface area (Å²) in [7, 11) is -4.03. The minimum atomic E-state index is -4.03. The van der Waals surface area contributed by atoms with Crippen LogP contribution in [0.15, 0.2) is 65.7 Å². The number of benzene rings is 2. The second kappa shape index (κ2) is 10.00. The Balaban J connectivity index is 1.39. The number of rotatable bonds is 6. The monoisotopic (exact) mass is 562 g/mol. The van der Waals surface area contributed by atoms with Crippen LogP contribution >= 0.6 is 11.6 Å². The molecular weight excluding hydrogens is 538 g/mol. The lowest BCUT2D eigenvalue weighted by Gasteiger charge is -2.45.